The van der Waals surface area contributed by atoms with Gasteiger partial charge in [0.1, 0.15) is 0 Å². The molecule has 0 aliphatic rings. The summed E-state index contributed by atoms with van der Waals surface area (Å²) >= 11 is 0. The maximum atomic E-state index is 10.8. The van der Waals surface area contributed by atoms with Gasteiger partial charge in [-0.3, -0.25) is 0 Å². The molecular weight excluding hydrogens is 180 g/mol. The van der Waals surface area contributed by atoms with Gasteiger partial charge in [0, 0.05) is 6.54 Å². The molecule has 0 spiro atoms. The van der Waals surface area contributed by atoms with Crippen LogP contribution in [0.4, 0.5) is 4.79 Å². The topological polar surface area (TPSA) is 50.4 Å². The number of ether oxygens (including phenoxy) is 1. The van der Waals surface area contributed by atoms with Crippen molar-refractivity contribution in [3.8, 4) is 0 Å². The second-order valence-electron chi connectivity index (χ2n) is 3.12. The highest BCUT2D eigenvalue weighted by Crippen LogP contribution is 1.85. The number of hydrogen-bond donors (Lipinski definition) is 2. The summed E-state index contributed by atoms with van der Waals surface area (Å²) in [4.78, 5) is 10.8. The van der Waals surface area contributed by atoms with Gasteiger partial charge in [0.15, 0.2) is 0 Å². The molecule has 4 heteroatoms. The monoisotopic (exact) mass is 202 g/mol. The van der Waals surface area contributed by atoms with Gasteiger partial charge in [-0.1, -0.05) is 13.3 Å². The molecule has 14 heavy (non-hydrogen) atoms. The average Bonchev–Trinajstić information content (AvgIpc) is 2.17. The molecule has 0 heterocycles. The van der Waals surface area contributed by atoms with Crippen molar-refractivity contribution in [3.63, 3.8) is 0 Å². The molecule has 0 atom stereocenters. The Hall–Kier alpha value is -0.770. The predicted octanol–water partition coefficient (Wildman–Crippen LogP) is 1.51. The lowest BCUT2D eigenvalue weighted by Gasteiger charge is -2.05. The molecule has 0 fully saturated rings. The number of rotatable bonds is 8. The van der Waals surface area contributed by atoms with Crippen molar-refractivity contribution in [1.29, 1.82) is 0 Å². The number of amides is 1. The lowest BCUT2D eigenvalue weighted by atomic mass is 10.3. The summed E-state index contributed by atoms with van der Waals surface area (Å²) < 4.78 is 4.90. The molecule has 4 nitrogen and oxygen atoms in total. The molecule has 1 amide bonds. The number of unbranched alkanes of at least 4 members (excludes halogenated alkanes) is 1. The summed E-state index contributed by atoms with van der Waals surface area (Å²) in [5, 5.41) is 5.86. The summed E-state index contributed by atoms with van der Waals surface area (Å²) in [6.07, 6.45) is 2.97. The van der Waals surface area contributed by atoms with E-state index in [2.05, 4.69) is 17.6 Å². The Balaban J connectivity index is 3.01. The third kappa shape index (κ3) is 9.32. The molecule has 0 saturated heterocycles. The zero-order valence-electron chi connectivity index (χ0n) is 9.27. The van der Waals surface area contributed by atoms with E-state index in [-0.39, 0.29) is 6.09 Å². The lowest BCUT2D eigenvalue weighted by molar-refractivity contribution is 0.145. The maximum absolute atomic E-state index is 10.8. The van der Waals surface area contributed by atoms with Crippen molar-refractivity contribution in [2.45, 2.75) is 33.1 Å². The van der Waals surface area contributed by atoms with E-state index in [1.54, 1.807) is 0 Å². The van der Waals surface area contributed by atoms with E-state index >= 15 is 0 Å². The number of carbonyl (C=O) groups is 1. The van der Waals surface area contributed by atoms with E-state index < -0.39 is 0 Å². The van der Waals surface area contributed by atoms with E-state index in [0.717, 1.165) is 19.5 Å². The van der Waals surface area contributed by atoms with E-state index in [4.69, 9.17) is 4.74 Å². The van der Waals surface area contributed by atoms with Gasteiger partial charge in [0.25, 0.3) is 0 Å². The third-order valence-electron chi connectivity index (χ3n) is 1.76. The van der Waals surface area contributed by atoms with Crippen LogP contribution in [0.2, 0.25) is 0 Å². The molecule has 0 unspecified atom stereocenters. The summed E-state index contributed by atoms with van der Waals surface area (Å²) in [6, 6.07) is 0. The molecule has 0 saturated carbocycles. The number of hydrogen-bond acceptors (Lipinski definition) is 3. The second-order valence-corrected chi connectivity index (χ2v) is 3.12. The van der Waals surface area contributed by atoms with Gasteiger partial charge in [-0.25, -0.2) is 4.79 Å². The minimum absolute atomic E-state index is 0.318. The molecule has 0 aromatic heterocycles. The maximum Gasteiger partial charge on any atom is 0.407 e. The quantitative estimate of drug-likeness (QED) is 0.587. The van der Waals surface area contributed by atoms with Crippen molar-refractivity contribution in [3.05, 3.63) is 0 Å². The van der Waals surface area contributed by atoms with Crippen LogP contribution in [0.3, 0.4) is 0 Å². The minimum Gasteiger partial charge on any atom is -0.450 e. The molecular formula is C10H22N2O2. The first kappa shape index (κ1) is 13.2. The van der Waals surface area contributed by atoms with E-state index in [9.17, 15) is 4.79 Å². The van der Waals surface area contributed by atoms with Crippen LogP contribution in [0.15, 0.2) is 0 Å². The standard InChI is InChI=1S/C10H22N2O2/c1-3-5-7-11-8-6-9-14-10(13)12-4-2/h11H,3-9H2,1-2H3,(H,12,13). The van der Waals surface area contributed by atoms with Gasteiger partial charge < -0.3 is 15.4 Å². The molecule has 0 radical (unpaired) electrons. The van der Waals surface area contributed by atoms with Gasteiger partial charge in [-0.2, -0.15) is 0 Å². The average molecular weight is 202 g/mol. The van der Waals surface area contributed by atoms with Crippen LogP contribution in [0.25, 0.3) is 0 Å². The van der Waals surface area contributed by atoms with E-state index in [1.807, 2.05) is 6.92 Å². The first-order valence-corrected chi connectivity index (χ1v) is 5.42. The van der Waals surface area contributed by atoms with Crippen LogP contribution < -0.4 is 10.6 Å². The number of nitrogens with one attached hydrogen (secondary N) is 2. The fourth-order valence-corrected chi connectivity index (χ4v) is 0.984. The Bertz CT molecular complexity index is 140. The molecule has 0 aromatic carbocycles. The number of carbonyl (C=O) groups excluding carboxylic acids is 1. The second kappa shape index (κ2) is 10.3. The van der Waals surface area contributed by atoms with Crippen LogP contribution in [0, 0.1) is 0 Å². The fraction of sp³-hybridized carbons (Fsp3) is 0.900. The zero-order chi connectivity index (χ0) is 10.6. The highest BCUT2D eigenvalue weighted by Gasteiger charge is 1.97. The smallest absolute Gasteiger partial charge is 0.407 e. The van der Waals surface area contributed by atoms with Gasteiger partial charge >= 0.3 is 6.09 Å². The van der Waals surface area contributed by atoms with Crippen LogP contribution in [0.1, 0.15) is 33.1 Å². The third-order valence-corrected chi connectivity index (χ3v) is 1.76. The lowest BCUT2D eigenvalue weighted by Crippen LogP contribution is -2.25. The van der Waals surface area contributed by atoms with Gasteiger partial charge in [-0.05, 0) is 32.9 Å². The predicted molar refractivity (Wildman–Crippen MR) is 57.4 cm³/mol. The Labute approximate surface area is 86.4 Å². The Morgan fingerprint density at radius 3 is 2.57 bits per heavy atom. The molecule has 84 valence electrons. The Morgan fingerprint density at radius 2 is 1.93 bits per heavy atom. The largest absolute Gasteiger partial charge is 0.450 e. The Kier molecular flexibility index (Phi) is 9.74. The molecule has 0 aliphatic carbocycles. The highest BCUT2D eigenvalue weighted by atomic mass is 16.5. The van der Waals surface area contributed by atoms with E-state index in [1.165, 1.54) is 12.8 Å². The molecule has 0 aliphatic heterocycles. The normalized spacial score (nSPS) is 9.86. The summed E-state index contributed by atoms with van der Waals surface area (Å²) in [7, 11) is 0. The van der Waals surface area contributed by atoms with Gasteiger partial charge in [0.2, 0.25) is 0 Å². The van der Waals surface area contributed by atoms with E-state index in [0.29, 0.717) is 13.2 Å². The minimum atomic E-state index is -0.318. The van der Waals surface area contributed by atoms with Crippen molar-refractivity contribution >= 4 is 6.09 Å². The van der Waals surface area contributed by atoms with Crippen molar-refractivity contribution < 1.29 is 9.53 Å². The first-order chi connectivity index (χ1) is 6.81. The van der Waals surface area contributed by atoms with Crippen LogP contribution in [0.5, 0.6) is 0 Å². The molecule has 2 N–H and O–H groups in total. The fourth-order valence-electron chi connectivity index (χ4n) is 0.984. The van der Waals surface area contributed by atoms with Gasteiger partial charge in [-0.15, -0.1) is 0 Å². The van der Waals surface area contributed by atoms with Crippen molar-refractivity contribution in [2.24, 2.45) is 0 Å². The summed E-state index contributed by atoms with van der Waals surface area (Å²) in [5.41, 5.74) is 0. The summed E-state index contributed by atoms with van der Waals surface area (Å²) in [5.74, 6) is 0. The summed E-state index contributed by atoms with van der Waals surface area (Å²) in [6.45, 7) is 7.11. The number of alkyl carbamates (subject to hydrolysis) is 1. The van der Waals surface area contributed by atoms with Crippen molar-refractivity contribution in [2.75, 3.05) is 26.2 Å². The van der Waals surface area contributed by atoms with Crippen molar-refractivity contribution in [1.82, 2.24) is 10.6 Å². The molecule has 0 bridgehead atoms. The Morgan fingerprint density at radius 1 is 1.21 bits per heavy atom. The van der Waals surface area contributed by atoms with Crippen LogP contribution >= 0.6 is 0 Å². The zero-order valence-corrected chi connectivity index (χ0v) is 9.27. The van der Waals surface area contributed by atoms with Crippen LogP contribution in [-0.2, 0) is 4.74 Å². The highest BCUT2D eigenvalue weighted by molar-refractivity contribution is 5.66. The molecule has 0 rings (SSSR count). The SMILES string of the molecule is CCCCNCCCOC(=O)NCC. The van der Waals surface area contributed by atoms with Crippen LogP contribution in [-0.4, -0.2) is 32.3 Å². The molecule has 0 aromatic rings. The first-order valence-electron chi connectivity index (χ1n) is 5.42. The van der Waals surface area contributed by atoms with Gasteiger partial charge in [0.05, 0.1) is 6.61 Å².